The van der Waals surface area contributed by atoms with Crippen molar-refractivity contribution in [2.24, 2.45) is 5.73 Å². The van der Waals surface area contributed by atoms with Gasteiger partial charge in [0.2, 0.25) is 0 Å². The lowest BCUT2D eigenvalue weighted by molar-refractivity contribution is 1.22. The third-order valence-electron chi connectivity index (χ3n) is 0.855. The average Bonchev–Trinajstić information content (AvgIpc) is 1.67. The Labute approximate surface area is 54.3 Å². The third kappa shape index (κ3) is 2.91. The molecule has 48 valence electrons. The molecule has 0 amide bonds. The van der Waals surface area contributed by atoms with Gasteiger partial charge in [-0.1, -0.05) is 6.92 Å². The Morgan fingerprint density at radius 1 is 1.88 bits per heavy atom. The van der Waals surface area contributed by atoms with E-state index in [1.165, 1.54) is 0 Å². The Morgan fingerprint density at radius 3 is 2.50 bits per heavy atom. The van der Waals surface area contributed by atoms with Crippen molar-refractivity contribution in [1.29, 1.82) is 5.41 Å². The molecule has 1 atom stereocenters. The van der Waals surface area contributed by atoms with Gasteiger partial charge in [-0.05, 0) is 12.7 Å². The maximum Gasteiger partial charge on any atom is 0.104 e. The van der Waals surface area contributed by atoms with Gasteiger partial charge >= 0.3 is 0 Å². The van der Waals surface area contributed by atoms with E-state index < -0.39 is 0 Å². The quantitative estimate of drug-likeness (QED) is 0.445. The van der Waals surface area contributed by atoms with Gasteiger partial charge in [-0.3, -0.25) is 5.41 Å². The third-order valence-corrected chi connectivity index (χ3v) is 1.94. The molecule has 0 unspecified atom stereocenters. The molecule has 0 aromatic rings. The van der Waals surface area contributed by atoms with Crippen molar-refractivity contribution < 1.29 is 0 Å². The first-order valence-electron chi connectivity index (χ1n) is 2.64. The summed E-state index contributed by atoms with van der Waals surface area (Å²) < 4.78 is 0. The molecule has 0 spiro atoms. The summed E-state index contributed by atoms with van der Waals surface area (Å²) in [6.45, 7) is 4.00. The molecule has 8 heavy (non-hydrogen) atoms. The van der Waals surface area contributed by atoms with E-state index in [1.54, 1.807) is 11.8 Å². The highest BCUT2D eigenvalue weighted by molar-refractivity contribution is 8.00. The van der Waals surface area contributed by atoms with Crippen molar-refractivity contribution in [3.05, 3.63) is 0 Å². The number of nitrogens with two attached hydrogens (primary N) is 1. The Bertz CT molecular complexity index is 82.5. The summed E-state index contributed by atoms with van der Waals surface area (Å²) in [5.41, 5.74) is 5.18. The zero-order valence-corrected chi connectivity index (χ0v) is 6.09. The van der Waals surface area contributed by atoms with Crippen LogP contribution in [0.15, 0.2) is 0 Å². The van der Waals surface area contributed by atoms with Crippen LogP contribution in [-0.4, -0.2) is 16.8 Å². The SMILES string of the molecule is CCS[C@H](C)C(=N)N. The Morgan fingerprint density at radius 2 is 2.38 bits per heavy atom. The minimum absolute atomic E-state index is 0.194. The van der Waals surface area contributed by atoms with Gasteiger partial charge in [0, 0.05) is 0 Å². The standard InChI is InChI=1S/C5H12N2S/c1-3-8-4(2)5(6)7/h4H,3H2,1-2H3,(H3,6,7)/t4-/m1/s1. The Hall–Kier alpha value is -0.180. The average molecular weight is 132 g/mol. The lowest BCUT2D eigenvalue weighted by Crippen LogP contribution is -2.21. The molecule has 0 aromatic heterocycles. The van der Waals surface area contributed by atoms with Crippen molar-refractivity contribution in [2.75, 3.05) is 5.75 Å². The first-order valence-corrected chi connectivity index (χ1v) is 3.68. The fourth-order valence-corrected chi connectivity index (χ4v) is 1.02. The van der Waals surface area contributed by atoms with Crippen LogP contribution in [0.1, 0.15) is 13.8 Å². The van der Waals surface area contributed by atoms with Crippen LogP contribution in [0.2, 0.25) is 0 Å². The summed E-state index contributed by atoms with van der Waals surface area (Å²) >= 11 is 1.69. The summed E-state index contributed by atoms with van der Waals surface area (Å²) in [6, 6.07) is 0. The highest BCUT2D eigenvalue weighted by Crippen LogP contribution is 2.07. The number of thioether (sulfide) groups is 1. The molecule has 2 nitrogen and oxygen atoms in total. The fourth-order valence-electron chi connectivity index (χ4n) is 0.340. The molecule has 3 N–H and O–H groups in total. The molecule has 3 heteroatoms. The van der Waals surface area contributed by atoms with Crippen LogP contribution in [0.4, 0.5) is 0 Å². The van der Waals surface area contributed by atoms with Gasteiger partial charge < -0.3 is 5.73 Å². The largest absolute Gasteiger partial charge is 0.387 e. The first kappa shape index (κ1) is 7.82. The van der Waals surface area contributed by atoms with Gasteiger partial charge in [0.15, 0.2) is 0 Å². The number of rotatable bonds is 3. The zero-order chi connectivity index (χ0) is 6.57. The molecule has 0 aliphatic carbocycles. The summed E-state index contributed by atoms with van der Waals surface area (Å²) in [5, 5.41) is 7.16. The minimum Gasteiger partial charge on any atom is -0.387 e. The highest BCUT2D eigenvalue weighted by Gasteiger charge is 2.01. The van der Waals surface area contributed by atoms with E-state index >= 15 is 0 Å². The molecule has 0 saturated heterocycles. The number of hydrogen-bond donors (Lipinski definition) is 2. The van der Waals surface area contributed by atoms with Crippen LogP contribution in [0, 0.1) is 5.41 Å². The van der Waals surface area contributed by atoms with Gasteiger partial charge in [0.1, 0.15) is 5.84 Å². The van der Waals surface area contributed by atoms with Crippen molar-refractivity contribution in [1.82, 2.24) is 0 Å². The Kier molecular flexibility index (Phi) is 3.69. The summed E-state index contributed by atoms with van der Waals surface area (Å²) in [6.07, 6.45) is 0. The molecule has 0 radical (unpaired) electrons. The van der Waals surface area contributed by atoms with Gasteiger partial charge in [-0.2, -0.15) is 11.8 Å². The minimum atomic E-state index is 0.194. The van der Waals surface area contributed by atoms with E-state index in [0.717, 1.165) is 5.75 Å². The molecule has 0 aliphatic rings. The molecular formula is C5H12N2S. The molecular weight excluding hydrogens is 120 g/mol. The second-order valence-corrected chi connectivity index (χ2v) is 3.17. The van der Waals surface area contributed by atoms with Crippen molar-refractivity contribution in [3.8, 4) is 0 Å². The van der Waals surface area contributed by atoms with Crippen molar-refractivity contribution in [3.63, 3.8) is 0 Å². The van der Waals surface area contributed by atoms with Crippen molar-refractivity contribution in [2.45, 2.75) is 19.1 Å². The number of amidine groups is 1. The van der Waals surface area contributed by atoms with E-state index in [9.17, 15) is 0 Å². The predicted molar refractivity (Wildman–Crippen MR) is 39.5 cm³/mol. The maximum atomic E-state index is 6.96. The number of hydrogen-bond acceptors (Lipinski definition) is 2. The second kappa shape index (κ2) is 3.78. The molecule has 0 saturated carbocycles. The Balaban J connectivity index is 3.32. The van der Waals surface area contributed by atoms with Crippen LogP contribution in [0.5, 0.6) is 0 Å². The smallest absolute Gasteiger partial charge is 0.104 e. The van der Waals surface area contributed by atoms with E-state index in [2.05, 4.69) is 6.92 Å². The highest BCUT2D eigenvalue weighted by atomic mass is 32.2. The van der Waals surface area contributed by atoms with Crippen LogP contribution in [0.3, 0.4) is 0 Å². The van der Waals surface area contributed by atoms with E-state index in [0.29, 0.717) is 0 Å². The van der Waals surface area contributed by atoms with Gasteiger partial charge in [0.05, 0.1) is 5.25 Å². The summed E-state index contributed by atoms with van der Waals surface area (Å²) in [7, 11) is 0. The number of nitrogens with one attached hydrogen (secondary N) is 1. The molecule has 0 fully saturated rings. The zero-order valence-electron chi connectivity index (χ0n) is 5.27. The molecule has 0 bridgehead atoms. The van der Waals surface area contributed by atoms with Gasteiger partial charge in [-0.25, -0.2) is 0 Å². The molecule has 0 heterocycles. The first-order chi connectivity index (χ1) is 3.68. The summed E-state index contributed by atoms with van der Waals surface area (Å²) in [4.78, 5) is 0. The topological polar surface area (TPSA) is 49.9 Å². The van der Waals surface area contributed by atoms with Crippen LogP contribution < -0.4 is 5.73 Å². The van der Waals surface area contributed by atoms with Crippen LogP contribution >= 0.6 is 11.8 Å². The predicted octanol–water partition coefficient (Wildman–Crippen LogP) is 1.06. The van der Waals surface area contributed by atoms with Crippen molar-refractivity contribution >= 4 is 17.6 Å². The normalized spacial score (nSPS) is 13.2. The monoisotopic (exact) mass is 132 g/mol. The molecule has 0 aromatic carbocycles. The lowest BCUT2D eigenvalue weighted by Gasteiger charge is -2.04. The van der Waals surface area contributed by atoms with Crippen LogP contribution in [0.25, 0.3) is 0 Å². The van der Waals surface area contributed by atoms with E-state index in [-0.39, 0.29) is 11.1 Å². The van der Waals surface area contributed by atoms with Gasteiger partial charge in [0.25, 0.3) is 0 Å². The molecule has 0 rings (SSSR count). The van der Waals surface area contributed by atoms with Crippen LogP contribution in [-0.2, 0) is 0 Å². The van der Waals surface area contributed by atoms with E-state index in [4.69, 9.17) is 11.1 Å². The summed E-state index contributed by atoms with van der Waals surface area (Å²) in [5.74, 6) is 1.30. The lowest BCUT2D eigenvalue weighted by atomic mass is 10.4. The second-order valence-electron chi connectivity index (χ2n) is 1.55. The van der Waals surface area contributed by atoms with E-state index in [1.807, 2.05) is 6.92 Å². The molecule has 0 aliphatic heterocycles. The maximum absolute atomic E-state index is 6.96. The fraction of sp³-hybridized carbons (Fsp3) is 0.800. The van der Waals surface area contributed by atoms with Gasteiger partial charge in [-0.15, -0.1) is 0 Å².